The highest BCUT2D eigenvalue weighted by Crippen LogP contribution is 2.31. The summed E-state index contributed by atoms with van der Waals surface area (Å²) >= 11 is 0. The third-order valence-electron chi connectivity index (χ3n) is 3.88. The first-order valence-electron chi connectivity index (χ1n) is 6.92. The maximum atomic E-state index is 12.3. The van der Waals surface area contributed by atoms with Crippen LogP contribution in [-0.2, 0) is 0 Å². The Morgan fingerprint density at radius 2 is 1.77 bits per heavy atom. The predicted octanol–water partition coefficient (Wildman–Crippen LogP) is 3.79. The van der Waals surface area contributed by atoms with Gasteiger partial charge in [-0.05, 0) is 55.3 Å². The Morgan fingerprint density at radius 3 is 2.41 bits per heavy atom. The first kappa shape index (κ1) is 14.2. The molecule has 3 aromatic rings. The first-order chi connectivity index (χ1) is 10.5. The van der Waals surface area contributed by atoms with Crippen molar-refractivity contribution >= 4 is 11.0 Å². The minimum absolute atomic E-state index is 0.00923. The van der Waals surface area contributed by atoms with Gasteiger partial charge >= 0.3 is 0 Å². The lowest BCUT2D eigenvalue weighted by Gasteiger charge is -2.09. The van der Waals surface area contributed by atoms with Crippen molar-refractivity contribution < 1.29 is 14.3 Å². The largest absolute Gasteiger partial charge is 0.507 e. The second-order valence-electron chi connectivity index (χ2n) is 5.24. The SMILES string of the molecule is COc1ccc(-c2cc(=O)c3c(O)c(C)c(C)cc3o2)cc1. The third-order valence-corrected chi connectivity index (χ3v) is 3.88. The van der Waals surface area contributed by atoms with Gasteiger partial charge in [-0.15, -0.1) is 0 Å². The summed E-state index contributed by atoms with van der Waals surface area (Å²) in [7, 11) is 1.60. The summed E-state index contributed by atoms with van der Waals surface area (Å²) in [5, 5.41) is 10.4. The van der Waals surface area contributed by atoms with E-state index in [0.717, 1.165) is 16.9 Å². The van der Waals surface area contributed by atoms with E-state index in [2.05, 4.69) is 0 Å². The second-order valence-corrected chi connectivity index (χ2v) is 5.24. The van der Waals surface area contributed by atoms with E-state index in [0.29, 0.717) is 16.9 Å². The maximum absolute atomic E-state index is 12.3. The van der Waals surface area contributed by atoms with E-state index in [1.165, 1.54) is 6.07 Å². The van der Waals surface area contributed by atoms with Gasteiger partial charge in [-0.2, -0.15) is 0 Å². The van der Waals surface area contributed by atoms with E-state index in [4.69, 9.17) is 9.15 Å². The Kier molecular flexibility index (Phi) is 3.37. The first-order valence-corrected chi connectivity index (χ1v) is 6.92. The third kappa shape index (κ3) is 2.22. The van der Waals surface area contributed by atoms with Crippen LogP contribution in [0.1, 0.15) is 11.1 Å². The van der Waals surface area contributed by atoms with Crippen LogP contribution in [0.5, 0.6) is 11.5 Å². The molecule has 0 unspecified atom stereocenters. The lowest BCUT2D eigenvalue weighted by atomic mass is 10.0. The van der Waals surface area contributed by atoms with Gasteiger partial charge in [-0.1, -0.05) is 0 Å². The van der Waals surface area contributed by atoms with Crippen molar-refractivity contribution in [1.82, 2.24) is 0 Å². The Bertz CT molecular complexity index is 905. The second kappa shape index (κ2) is 5.22. The molecule has 0 fully saturated rings. The number of fused-ring (bicyclic) bond motifs is 1. The Hall–Kier alpha value is -2.75. The topological polar surface area (TPSA) is 59.7 Å². The molecule has 0 aliphatic rings. The van der Waals surface area contributed by atoms with Crippen LogP contribution in [0.25, 0.3) is 22.3 Å². The van der Waals surface area contributed by atoms with Crippen LogP contribution in [0.4, 0.5) is 0 Å². The van der Waals surface area contributed by atoms with Crippen molar-refractivity contribution in [3.63, 3.8) is 0 Å². The van der Waals surface area contributed by atoms with Gasteiger partial charge in [-0.25, -0.2) is 0 Å². The summed E-state index contributed by atoms with van der Waals surface area (Å²) in [6.07, 6.45) is 0. The molecular weight excluding hydrogens is 280 g/mol. The van der Waals surface area contributed by atoms with Gasteiger partial charge < -0.3 is 14.3 Å². The van der Waals surface area contributed by atoms with Crippen molar-refractivity contribution in [3.05, 3.63) is 57.7 Å². The number of aromatic hydroxyl groups is 1. The van der Waals surface area contributed by atoms with E-state index in [-0.39, 0.29) is 16.6 Å². The normalized spacial score (nSPS) is 10.9. The zero-order chi connectivity index (χ0) is 15.9. The number of phenolic OH excluding ortho intramolecular Hbond substituents is 1. The Labute approximate surface area is 127 Å². The van der Waals surface area contributed by atoms with Crippen LogP contribution in [0, 0.1) is 13.8 Å². The molecule has 0 radical (unpaired) electrons. The van der Waals surface area contributed by atoms with E-state index in [1.54, 1.807) is 32.2 Å². The number of hydrogen-bond donors (Lipinski definition) is 1. The van der Waals surface area contributed by atoms with Crippen molar-refractivity contribution in [2.75, 3.05) is 7.11 Å². The van der Waals surface area contributed by atoms with Gasteiger partial charge in [0.2, 0.25) is 0 Å². The molecule has 4 nitrogen and oxygen atoms in total. The minimum Gasteiger partial charge on any atom is -0.507 e. The summed E-state index contributed by atoms with van der Waals surface area (Å²) in [5.41, 5.74) is 2.47. The predicted molar refractivity (Wildman–Crippen MR) is 85.6 cm³/mol. The quantitative estimate of drug-likeness (QED) is 0.781. The molecule has 0 amide bonds. The number of rotatable bonds is 2. The van der Waals surface area contributed by atoms with Crippen molar-refractivity contribution in [2.24, 2.45) is 0 Å². The van der Waals surface area contributed by atoms with Crippen LogP contribution in [0.2, 0.25) is 0 Å². The summed E-state index contributed by atoms with van der Waals surface area (Å²) in [4.78, 5) is 12.3. The zero-order valence-electron chi connectivity index (χ0n) is 12.6. The number of aryl methyl sites for hydroxylation is 1. The number of phenols is 1. The molecule has 112 valence electrons. The zero-order valence-corrected chi connectivity index (χ0v) is 12.6. The van der Waals surface area contributed by atoms with Gasteiger partial charge in [0.15, 0.2) is 5.43 Å². The molecule has 0 atom stereocenters. The summed E-state index contributed by atoms with van der Waals surface area (Å²) < 4.78 is 10.9. The molecule has 1 heterocycles. The molecular formula is C18H16O4. The van der Waals surface area contributed by atoms with E-state index in [1.807, 2.05) is 19.1 Å². The molecule has 0 aliphatic carbocycles. The van der Waals surface area contributed by atoms with Crippen LogP contribution in [0.15, 0.2) is 45.6 Å². The van der Waals surface area contributed by atoms with E-state index >= 15 is 0 Å². The average molecular weight is 296 g/mol. The van der Waals surface area contributed by atoms with Crippen LogP contribution in [-0.4, -0.2) is 12.2 Å². The summed E-state index contributed by atoms with van der Waals surface area (Å²) in [5.74, 6) is 1.18. The minimum atomic E-state index is -0.257. The molecule has 3 rings (SSSR count). The summed E-state index contributed by atoms with van der Waals surface area (Å²) in [6.45, 7) is 3.65. The molecule has 0 saturated heterocycles. The van der Waals surface area contributed by atoms with Gasteiger partial charge in [0.05, 0.1) is 7.11 Å². The van der Waals surface area contributed by atoms with Crippen molar-refractivity contribution in [1.29, 1.82) is 0 Å². The van der Waals surface area contributed by atoms with Crippen LogP contribution >= 0.6 is 0 Å². The highest BCUT2D eigenvalue weighted by Gasteiger charge is 2.14. The fraction of sp³-hybridized carbons (Fsp3) is 0.167. The Morgan fingerprint density at radius 1 is 1.09 bits per heavy atom. The maximum Gasteiger partial charge on any atom is 0.197 e. The number of ether oxygens (including phenoxy) is 1. The molecule has 0 bridgehead atoms. The average Bonchev–Trinajstić information content (AvgIpc) is 2.52. The molecule has 0 saturated carbocycles. The van der Waals surface area contributed by atoms with E-state index in [9.17, 15) is 9.90 Å². The highest BCUT2D eigenvalue weighted by atomic mass is 16.5. The monoisotopic (exact) mass is 296 g/mol. The number of hydrogen-bond acceptors (Lipinski definition) is 4. The molecule has 22 heavy (non-hydrogen) atoms. The molecule has 4 heteroatoms. The van der Waals surface area contributed by atoms with Gasteiger partial charge in [-0.3, -0.25) is 4.79 Å². The Balaban J connectivity index is 2.24. The molecule has 1 N–H and O–H groups in total. The van der Waals surface area contributed by atoms with Gasteiger partial charge in [0.25, 0.3) is 0 Å². The van der Waals surface area contributed by atoms with Crippen molar-refractivity contribution in [3.8, 4) is 22.8 Å². The molecule has 1 aromatic heterocycles. The smallest absolute Gasteiger partial charge is 0.197 e. The van der Waals surface area contributed by atoms with Gasteiger partial charge in [0.1, 0.15) is 28.2 Å². The fourth-order valence-corrected chi connectivity index (χ4v) is 2.42. The number of methoxy groups -OCH3 is 1. The lowest BCUT2D eigenvalue weighted by molar-refractivity contribution is 0.415. The molecule has 2 aromatic carbocycles. The summed E-state index contributed by atoms with van der Waals surface area (Å²) in [6, 6.07) is 10.4. The van der Waals surface area contributed by atoms with Crippen LogP contribution < -0.4 is 10.2 Å². The fourth-order valence-electron chi connectivity index (χ4n) is 2.42. The standard InChI is InChI=1S/C18H16O4/c1-10-8-16-17(18(20)11(10)2)14(19)9-15(22-16)12-4-6-13(21-3)7-5-12/h4-9,20H,1-3H3. The molecule has 0 aliphatic heterocycles. The van der Waals surface area contributed by atoms with Crippen molar-refractivity contribution in [2.45, 2.75) is 13.8 Å². The van der Waals surface area contributed by atoms with Crippen LogP contribution in [0.3, 0.4) is 0 Å². The molecule has 0 spiro atoms. The lowest BCUT2D eigenvalue weighted by Crippen LogP contribution is -2.02. The number of benzene rings is 2. The van der Waals surface area contributed by atoms with Gasteiger partial charge in [0, 0.05) is 11.6 Å². The highest BCUT2D eigenvalue weighted by molar-refractivity contribution is 5.86. The van der Waals surface area contributed by atoms with E-state index < -0.39 is 0 Å².